The summed E-state index contributed by atoms with van der Waals surface area (Å²) in [5.41, 5.74) is 1.04. The van der Waals surface area contributed by atoms with E-state index in [-0.39, 0.29) is 39.7 Å². The second-order valence-corrected chi connectivity index (χ2v) is 11.2. The molecule has 3 heterocycles. The Morgan fingerprint density at radius 2 is 1.66 bits per heavy atom. The number of phenols is 1. The molecule has 1 unspecified atom stereocenters. The van der Waals surface area contributed by atoms with E-state index in [1.165, 1.54) is 37.2 Å². The summed E-state index contributed by atoms with van der Waals surface area (Å²) in [5, 5.41) is 16.3. The molecular weight excluding hydrogens is 565 g/mol. The standard InChI is InChI=1S/C30H31Cl2N5O4/c31-21-9-10-26(33-18-21)34-29(40)24-16-22(32)17-25(38)27(24)35-28(39)20-7-5-19(6-8-20)23-4-3-13-37(30(23)41)15-14-36-11-1-2-12-36/h5-10,16-18,23,38H,1-4,11-15H2,(H,35,39)(H,33,34,40). The Kier molecular flexibility index (Phi) is 9.07. The fraction of sp³-hybridized carbons (Fsp3) is 0.333. The first-order chi connectivity index (χ1) is 19.8. The van der Waals surface area contributed by atoms with Crippen molar-refractivity contribution in [3.8, 4) is 5.75 Å². The maximum atomic E-state index is 13.2. The molecule has 0 spiro atoms. The van der Waals surface area contributed by atoms with Gasteiger partial charge >= 0.3 is 0 Å². The highest BCUT2D eigenvalue weighted by Crippen LogP contribution is 2.33. The van der Waals surface area contributed by atoms with E-state index >= 15 is 0 Å². The van der Waals surface area contributed by atoms with Crippen LogP contribution in [-0.2, 0) is 4.79 Å². The highest BCUT2D eigenvalue weighted by Gasteiger charge is 2.30. The minimum absolute atomic E-state index is 0.0430. The number of hydrogen-bond acceptors (Lipinski definition) is 6. The zero-order chi connectivity index (χ0) is 28.9. The number of benzene rings is 2. The zero-order valence-corrected chi connectivity index (χ0v) is 23.9. The van der Waals surface area contributed by atoms with Crippen molar-refractivity contribution in [3.63, 3.8) is 0 Å². The second-order valence-electron chi connectivity index (χ2n) is 10.3. The summed E-state index contributed by atoms with van der Waals surface area (Å²) in [4.78, 5) is 47.8. The van der Waals surface area contributed by atoms with Crippen LogP contribution >= 0.6 is 23.2 Å². The first-order valence-corrected chi connectivity index (χ1v) is 14.4. The van der Waals surface area contributed by atoms with Crippen molar-refractivity contribution in [3.05, 3.63) is 81.5 Å². The van der Waals surface area contributed by atoms with E-state index in [4.69, 9.17) is 23.2 Å². The Morgan fingerprint density at radius 1 is 0.902 bits per heavy atom. The fourth-order valence-corrected chi connectivity index (χ4v) is 5.65. The first kappa shape index (κ1) is 28.9. The molecule has 11 heteroatoms. The Balaban J connectivity index is 1.27. The minimum atomic E-state index is -0.631. The average molecular weight is 597 g/mol. The molecule has 2 aromatic carbocycles. The Bertz CT molecular complexity index is 1430. The number of nitrogens with one attached hydrogen (secondary N) is 2. The number of rotatable bonds is 8. The summed E-state index contributed by atoms with van der Waals surface area (Å²) in [6, 6.07) is 12.5. The van der Waals surface area contributed by atoms with Gasteiger partial charge in [-0.05, 0) is 74.7 Å². The predicted molar refractivity (Wildman–Crippen MR) is 159 cm³/mol. The molecule has 2 aliphatic rings. The van der Waals surface area contributed by atoms with Crippen molar-refractivity contribution in [2.75, 3.05) is 43.4 Å². The van der Waals surface area contributed by atoms with E-state index in [1.807, 2.05) is 4.90 Å². The van der Waals surface area contributed by atoms with Crippen LogP contribution in [0.15, 0.2) is 54.7 Å². The number of aromatic hydroxyl groups is 1. The summed E-state index contributed by atoms with van der Waals surface area (Å²) < 4.78 is 0. The number of carbonyl (C=O) groups is 3. The lowest BCUT2D eigenvalue weighted by molar-refractivity contribution is -0.135. The van der Waals surface area contributed by atoms with Gasteiger partial charge in [-0.25, -0.2) is 4.98 Å². The third-order valence-corrected chi connectivity index (χ3v) is 7.97. The summed E-state index contributed by atoms with van der Waals surface area (Å²) in [7, 11) is 0. The van der Waals surface area contributed by atoms with E-state index in [1.54, 1.807) is 30.3 Å². The molecule has 1 aromatic heterocycles. The quantitative estimate of drug-likeness (QED) is 0.300. The number of carbonyl (C=O) groups excluding carboxylic acids is 3. The van der Waals surface area contributed by atoms with Crippen LogP contribution in [0.2, 0.25) is 10.0 Å². The molecule has 0 bridgehead atoms. The van der Waals surface area contributed by atoms with E-state index in [2.05, 4.69) is 20.5 Å². The van der Waals surface area contributed by atoms with Gasteiger partial charge in [0.1, 0.15) is 11.6 Å². The van der Waals surface area contributed by atoms with Gasteiger partial charge in [-0.3, -0.25) is 14.4 Å². The molecule has 5 rings (SSSR count). The van der Waals surface area contributed by atoms with Gasteiger partial charge in [0.25, 0.3) is 11.8 Å². The van der Waals surface area contributed by atoms with Crippen LogP contribution in [0, 0.1) is 0 Å². The Labute approximate surface area is 248 Å². The number of piperidine rings is 1. The topological polar surface area (TPSA) is 115 Å². The van der Waals surface area contributed by atoms with Crippen molar-refractivity contribution in [2.24, 2.45) is 0 Å². The molecule has 214 valence electrons. The van der Waals surface area contributed by atoms with E-state index in [0.29, 0.717) is 10.6 Å². The number of amides is 3. The number of halogens is 2. The SMILES string of the molecule is O=C(Nc1c(O)cc(Cl)cc1C(=O)Nc1ccc(Cl)cn1)c1ccc(C2CCCN(CCN3CCCC3)C2=O)cc1. The molecule has 3 N–H and O–H groups in total. The molecule has 2 fully saturated rings. The number of nitrogens with zero attached hydrogens (tertiary/aromatic N) is 3. The number of likely N-dealkylation sites (tertiary alicyclic amines) is 2. The lowest BCUT2D eigenvalue weighted by Gasteiger charge is -2.33. The van der Waals surface area contributed by atoms with Gasteiger partial charge in [-0.1, -0.05) is 35.3 Å². The molecule has 2 saturated heterocycles. The molecule has 0 aliphatic carbocycles. The van der Waals surface area contributed by atoms with Crippen LogP contribution in [0.5, 0.6) is 5.75 Å². The molecular formula is C30H31Cl2N5O4. The van der Waals surface area contributed by atoms with Crippen LogP contribution in [0.1, 0.15) is 57.9 Å². The summed E-state index contributed by atoms with van der Waals surface area (Å²) >= 11 is 11.9. The number of hydrogen-bond donors (Lipinski definition) is 3. The van der Waals surface area contributed by atoms with E-state index in [9.17, 15) is 19.5 Å². The monoisotopic (exact) mass is 595 g/mol. The normalized spacial score (nSPS) is 17.5. The second kappa shape index (κ2) is 12.9. The maximum absolute atomic E-state index is 13.2. The van der Waals surface area contributed by atoms with Crippen molar-refractivity contribution in [1.82, 2.24) is 14.8 Å². The van der Waals surface area contributed by atoms with Crippen LogP contribution in [0.25, 0.3) is 0 Å². The number of aromatic nitrogens is 1. The van der Waals surface area contributed by atoms with Crippen molar-refractivity contribution in [2.45, 2.75) is 31.6 Å². The lowest BCUT2D eigenvalue weighted by atomic mass is 9.89. The van der Waals surface area contributed by atoms with Gasteiger partial charge in [0.05, 0.1) is 22.2 Å². The van der Waals surface area contributed by atoms with Gasteiger partial charge < -0.3 is 25.5 Å². The summed E-state index contributed by atoms with van der Waals surface area (Å²) in [6.07, 6.45) is 5.54. The maximum Gasteiger partial charge on any atom is 0.259 e. The fourth-order valence-electron chi connectivity index (χ4n) is 5.33. The number of anilines is 2. The highest BCUT2D eigenvalue weighted by molar-refractivity contribution is 6.32. The Hall–Kier alpha value is -3.66. The summed E-state index contributed by atoms with van der Waals surface area (Å²) in [5.74, 6) is -1.40. The van der Waals surface area contributed by atoms with Crippen molar-refractivity contribution in [1.29, 1.82) is 0 Å². The molecule has 2 aliphatic heterocycles. The van der Waals surface area contributed by atoms with Crippen molar-refractivity contribution < 1.29 is 19.5 Å². The van der Waals surface area contributed by atoms with Crippen LogP contribution in [0.4, 0.5) is 11.5 Å². The zero-order valence-electron chi connectivity index (χ0n) is 22.4. The summed E-state index contributed by atoms with van der Waals surface area (Å²) in [6.45, 7) is 4.64. The molecule has 9 nitrogen and oxygen atoms in total. The van der Waals surface area contributed by atoms with Gasteiger partial charge in [-0.2, -0.15) is 0 Å². The van der Waals surface area contributed by atoms with Gasteiger partial charge in [0.15, 0.2) is 0 Å². The van der Waals surface area contributed by atoms with Crippen LogP contribution in [0.3, 0.4) is 0 Å². The third kappa shape index (κ3) is 6.98. The largest absolute Gasteiger partial charge is 0.506 e. The van der Waals surface area contributed by atoms with Gasteiger partial charge in [-0.15, -0.1) is 0 Å². The number of phenolic OH excluding ortho intramolecular Hbond substituents is 1. The highest BCUT2D eigenvalue weighted by atomic mass is 35.5. The molecule has 41 heavy (non-hydrogen) atoms. The van der Waals surface area contributed by atoms with Crippen molar-refractivity contribution >= 4 is 52.4 Å². The number of pyridine rings is 1. The molecule has 3 amide bonds. The molecule has 3 aromatic rings. The van der Waals surface area contributed by atoms with Gasteiger partial charge in [0.2, 0.25) is 5.91 Å². The lowest BCUT2D eigenvalue weighted by Crippen LogP contribution is -2.43. The predicted octanol–water partition coefficient (Wildman–Crippen LogP) is 5.40. The van der Waals surface area contributed by atoms with E-state index < -0.39 is 11.8 Å². The molecule has 0 radical (unpaired) electrons. The van der Waals surface area contributed by atoms with Crippen LogP contribution < -0.4 is 10.6 Å². The molecule has 0 saturated carbocycles. The third-order valence-electron chi connectivity index (χ3n) is 7.53. The van der Waals surface area contributed by atoms with E-state index in [0.717, 1.165) is 51.1 Å². The minimum Gasteiger partial charge on any atom is -0.506 e. The van der Waals surface area contributed by atoms with Crippen LogP contribution in [-0.4, -0.2) is 70.3 Å². The van der Waals surface area contributed by atoms with Gasteiger partial charge in [0, 0.05) is 42.5 Å². The smallest absolute Gasteiger partial charge is 0.259 e. The average Bonchev–Trinajstić information content (AvgIpc) is 3.49. The molecule has 1 atom stereocenters. The first-order valence-electron chi connectivity index (χ1n) is 13.7. The Morgan fingerprint density at radius 3 is 2.37 bits per heavy atom.